The highest BCUT2D eigenvalue weighted by Gasteiger charge is 2.39. The second kappa shape index (κ2) is 13.7. The number of nitrogens with two attached hydrogens (primary N) is 1. The minimum absolute atomic E-state index is 0.140. The number of hydrogen-bond donors (Lipinski definition) is 1. The molecule has 3 aliphatic heterocycles. The molecule has 2 unspecified atom stereocenters. The summed E-state index contributed by atoms with van der Waals surface area (Å²) in [5.41, 5.74) is 10.6. The summed E-state index contributed by atoms with van der Waals surface area (Å²) in [6.45, 7) is 10.5. The molecule has 6 rings (SSSR count). The maximum Gasteiger partial charge on any atom is 0.314 e. The molecule has 10 heteroatoms. The number of pyridine rings is 1. The van der Waals surface area contributed by atoms with Gasteiger partial charge in [0.2, 0.25) is 5.91 Å². The Hall–Kier alpha value is -2.20. The van der Waals surface area contributed by atoms with Gasteiger partial charge >= 0.3 is 6.03 Å². The minimum Gasteiger partial charge on any atom is -0.351 e. The Kier molecular flexibility index (Phi) is 9.86. The standard InChI is InChI=1S/C34H46BrClN6O2/c1-22(2)30-21-41(15-16-42(30)31(43)17-23-7-11-40(12-8-23)34(37)44)28-9-13-39(14-10-28)33-29-6-5-27(36)19-24(29)3-4-25-18-26(35)20-38-32(25)33/h5-6,18-20,22-23,28,30,33H,3-4,7-17,21H2,1-2H3,(H2,37,44). The Morgan fingerprint density at radius 1 is 0.977 bits per heavy atom. The zero-order valence-electron chi connectivity index (χ0n) is 26.1. The van der Waals surface area contributed by atoms with E-state index < -0.39 is 0 Å². The number of halogens is 2. The van der Waals surface area contributed by atoms with Crippen molar-refractivity contribution in [1.29, 1.82) is 0 Å². The number of aryl methyl sites for hydroxylation is 2. The van der Waals surface area contributed by atoms with Crippen LogP contribution in [0.15, 0.2) is 34.9 Å². The first-order chi connectivity index (χ1) is 21.2. The highest BCUT2D eigenvalue weighted by Crippen LogP contribution is 2.39. The lowest BCUT2D eigenvalue weighted by molar-refractivity contribution is -0.139. The number of benzene rings is 1. The third kappa shape index (κ3) is 6.81. The fraction of sp³-hybridized carbons (Fsp3) is 0.618. The minimum atomic E-state index is -0.352. The summed E-state index contributed by atoms with van der Waals surface area (Å²) >= 11 is 10.1. The molecule has 44 heavy (non-hydrogen) atoms. The molecule has 0 radical (unpaired) electrons. The van der Waals surface area contributed by atoms with Gasteiger partial charge in [-0.1, -0.05) is 31.5 Å². The molecule has 1 aliphatic carbocycles. The quantitative estimate of drug-likeness (QED) is 0.450. The molecule has 3 saturated heterocycles. The maximum atomic E-state index is 13.5. The number of fused-ring (bicyclic) bond motifs is 2. The van der Waals surface area contributed by atoms with Gasteiger partial charge in [0.25, 0.3) is 0 Å². The van der Waals surface area contributed by atoms with Gasteiger partial charge in [0.15, 0.2) is 0 Å². The Labute approximate surface area is 275 Å². The van der Waals surface area contributed by atoms with E-state index in [1.54, 1.807) is 4.90 Å². The molecule has 2 aromatic rings. The van der Waals surface area contributed by atoms with Crippen LogP contribution in [0.5, 0.6) is 0 Å². The summed E-state index contributed by atoms with van der Waals surface area (Å²) < 4.78 is 1.03. The second-order valence-corrected chi connectivity index (χ2v) is 14.9. The topological polar surface area (TPSA) is 86.0 Å². The van der Waals surface area contributed by atoms with E-state index in [0.717, 1.165) is 80.7 Å². The lowest BCUT2D eigenvalue weighted by Crippen LogP contribution is -2.60. The molecule has 1 aromatic carbocycles. The third-order valence-corrected chi connectivity index (χ3v) is 11.3. The van der Waals surface area contributed by atoms with E-state index in [1.165, 1.54) is 22.4 Å². The number of urea groups is 1. The largest absolute Gasteiger partial charge is 0.351 e. The first-order valence-electron chi connectivity index (χ1n) is 16.4. The van der Waals surface area contributed by atoms with Crippen LogP contribution in [0.2, 0.25) is 5.02 Å². The predicted molar refractivity (Wildman–Crippen MR) is 178 cm³/mol. The fourth-order valence-corrected chi connectivity index (χ4v) is 8.63. The van der Waals surface area contributed by atoms with Crippen molar-refractivity contribution in [2.24, 2.45) is 17.6 Å². The van der Waals surface area contributed by atoms with Gasteiger partial charge in [-0.15, -0.1) is 0 Å². The van der Waals surface area contributed by atoms with Crippen LogP contribution in [0.25, 0.3) is 0 Å². The summed E-state index contributed by atoms with van der Waals surface area (Å²) in [6, 6.07) is 9.18. The molecule has 3 amide bonds. The van der Waals surface area contributed by atoms with Crippen LogP contribution in [-0.2, 0) is 17.6 Å². The van der Waals surface area contributed by atoms with Gasteiger partial charge in [-0.3, -0.25) is 19.6 Å². The zero-order chi connectivity index (χ0) is 31.0. The Bertz CT molecular complexity index is 1300. The molecule has 2 N–H and O–H groups in total. The number of carbonyl (C=O) groups excluding carboxylic acids is 2. The molecule has 1 aromatic heterocycles. The lowest BCUT2D eigenvalue weighted by atomic mass is 9.90. The summed E-state index contributed by atoms with van der Waals surface area (Å²) in [5, 5.41) is 0.798. The van der Waals surface area contributed by atoms with Crippen molar-refractivity contribution in [1.82, 2.24) is 24.6 Å². The van der Waals surface area contributed by atoms with Crippen molar-refractivity contribution < 1.29 is 9.59 Å². The van der Waals surface area contributed by atoms with Gasteiger partial charge in [0.05, 0.1) is 11.7 Å². The van der Waals surface area contributed by atoms with Crippen LogP contribution >= 0.6 is 27.5 Å². The SMILES string of the molecule is CC(C)C1CN(C2CCN(C3c4ccc(Cl)cc4CCc4cc(Br)cnc43)CC2)CCN1C(=O)CC1CCN(C(N)=O)CC1. The average Bonchev–Trinajstić information content (AvgIpc) is 3.17. The Balaban J connectivity index is 1.10. The molecule has 4 heterocycles. The number of piperazine rings is 1. The normalized spacial score (nSPS) is 24.2. The predicted octanol–water partition coefficient (Wildman–Crippen LogP) is 5.50. The molecule has 0 saturated carbocycles. The van der Waals surface area contributed by atoms with Crippen molar-refractivity contribution >= 4 is 39.5 Å². The van der Waals surface area contributed by atoms with Crippen LogP contribution in [0.1, 0.15) is 74.4 Å². The van der Waals surface area contributed by atoms with Gasteiger partial charge in [-0.05, 0) is 101 Å². The first kappa shape index (κ1) is 31.8. The number of amides is 3. The molecule has 4 aliphatic rings. The van der Waals surface area contributed by atoms with Crippen LogP contribution in [0.4, 0.5) is 4.79 Å². The van der Waals surface area contributed by atoms with Gasteiger partial charge in [-0.25, -0.2) is 4.79 Å². The van der Waals surface area contributed by atoms with Crippen molar-refractivity contribution in [2.45, 2.75) is 76.9 Å². The van der Waals surface area contributed by atoms with Gasteiger partial charge in [0.1, 0.15) is 0 Å². The molecular formula is C34H46BrClN6O2. The van der Waals surface area contributed by atoms with E-state index in [4.69, 9.17) is 22.3 Å². The van der Waals surface area contributed by atoms with Crippen LogP contribution in [-0.4, -0.2) is 94.4 Å². The van der Waals surface area contributed by atoms with E-state index in [1.807, 2.05) is 12.3 Å². The Morgan fingerprint density at radius 2 is 1.70 bits per heavy atom. The second-order valence-electron chi connectivity index (χ2n) is 13.6. The van der Waals surface area contributed by atoms with Crippen LogP contribution in [0.3, 0.4) is 0 Å². The fourth-order valence-electron chi connectivity index (χ4n) is 8.06. The maximum absolute atomic E-state index is 13.5. The summed E-state index contributed by atoms with van der Waals surface area (Å²) in [7, 11) is 0. The van der Waals surface area contributed by atoms with E-state index in [9.17, 15) is 9.59 Å². The van der Waals surface area contributed by atoms with Crippen molar-refractivity contribution in [3.63, 3.8) is 0 Å². The number of primary amides is 1. The number of hydrogen-bond acceptors (Lipinski definition) is 5. The van der Waals surface area contributed by atoms with Crippen molar-refractivity contribution in [3.8, 4) is 0 Å². The highest BCUT2D eigenvalue weighted by atomic mass is 79.9. The molecule has 8 nitrogen and oxygen atoms in total. The van der Waals surface area contributed by atoms with E-state index >= 15 is 0 Å². The molecule has 238 valence electrons. The number of aromatic nitrogens is 1. The Morgan fingerprint density at radius 3 is 2.41 bits per heavy atom. The van der Waals surface area contributed by atoms with Crippen LogP contribution < -0.4 is 5.73 Å². The summed E-state index contributed by atoms with van der Waals surface area (Å²) in [6.07, 6.45) is 8.40. The number of likely N-dealkylation sites (tertiary alicyclic amines) is 2. The molecule has 2 atom stereocenters. The number of rotatable bonds is 5. The van der Waals surface area contributed by atoms with Crippen molar-refractivity contribution in [3.05, 3.63) is 62.3 Å². The van der Waals surface area contributed by atoms with Gasteiger partial charge in [0, 0.05) is 80.0 Å². The first-order valence-corrected chi connectivity index (χ1v) is 17.6. The van der Waals surface area contributed by atoms with E-state index in [0.29, 0.717) is 37.4 Å². The molecule has 0 bridgehead atoms. The smallest absolute Gasteiger partial charge is 0.314 e. The average molecular weight is 686 g/mol. The summed E-state index contributed by atoms with van der Waals surface area (Å²) in [4.78, 5) is 39.2. The van der Waals surface area contributed by atoms with E-state index in [-0.39, 0.29) is 24.0 Å². The number of carbonyl (C=O) groups is 2. The van der Waals surface area contributed by atoms with Gasteiger partial charge < -0.3 is 15.5 Å². The van der Waals surface area contributed by atoms with Crippen LogP contribution in [0, 0.1) is 11.8 Å². The third-order valence-electron chi connectivity index (χ3n) is 10.6. The summed E-state index contributed by atoms with van der Waals surface area (Å²) in [5.74, 6) is 1.01. The highest BCUT2D eigenvalue weighted by molar-refractivity contribution is 9.10. The molecular weight excluding hydrogens is 640 g/mol. The van der Waals surface area contributed by atoms with E-state index in [2.05, 4.69) is 62.7 Å². The molecule has 3 fully saturated rings. The van der Waals surface area contributed by atoms with Gasteiger partial charge in [-0.2, -0.15) is 0 Å². The lowest BCUT2D eigenvalue weighted by Gasteiger charge is -2.48. The van der Waals surface area contributed by atoms with Crippen molar-refractivity contribution in [2.75, 3.05) is 45.8 Å². The number of piperidine rings is 2. The molecule has 0 spiro atoms. The zero-order valence-corrected chi connectivity index (χ0v) is 28.4. The monoisotopic (exact) mass is 684 g/mol. The number of nitrogens with zero attached hydrogens (tertiary/aromatic N) is 5.